The molecule has 68 heavy (non-hydrogen) atoms. The van der Waals surface area contributed by atoms with E-state index in [-0.39, 0.29) is 61.0 Å². The lowest BCUT2D eigenvalue weighted by Gasteiger charge is -2.33. The Balaban J connectivity index is 1.26. The first kappa shape index (κ1) is 45.6. The smallest absolute Gasteiger partial charge is 0.264 e. The van der Waals surface area contributed by atoms with E-state index in [4.69, 9.17) is 0 Å². The van der Waals surface area contributed by atoms with Crippen molar-refractivity contribution in [3.8, 4) is 47.4 Å². The van der Waals surface area contributed by atoms with Gasteiger partial charge in [0.05, 0.1) is 43.1 Å². The van der Waals surface area contributed by atoms with E-state index in [9.17, 15) is 38.4 Å². The highest BCUT2D eigenvalue weighted by Gasteiger charge is 2.44. The van der Waals surface area contributed by atoms with Crippen molar-refractivity contribution in [2.45, 2.75) is 151 Å². The predicted octanol–water partition coefficient (Wildman–Crippen LogP) is 7.55. The van der Waals surface area contributed by atoms with Gasteiger partial charge >= 0.3 is 0 Å². The standard InChI is InChI=1S/C52H40Br4N4O8/c53-37-29-30-38(54)32-31(37)43(63)59(44(32)64)51(21-9-3-10-22-51)27-15-16-28-52(23-11-4-12-24-52)60-47(67)35-36(48(60)68)40(56)34-33(39(35)55)45(65)58(46(34)66)50(19-7-2-8-20-50)26-14-13-25-49(17-5-1-6-18-49)57(41(29)61)42(30)62/h1-12,17-24H2. The van der Waals surface area contributed by atoms with E-state index in [1.165, 1.54) is 0 Å². The van der Waals surface area contributed by atoms with Gasteiger partial charge in [0.25, 0.3) is 44.5 Å². The molecule has 4 aliphatic carbocycles. The van der Waals surface area contributed by atoms with Gasteiger partial charge in [0.1, 0.15) is 22.2 Å². The minimum Gasteiger partial charge on any atom is -0.268 e. The molecule has 0 atom stereocenters. The second kappa shape index (κ2) is 16.4. The van der Waals surface area contributed by atoms with Crippen molar-refractivity contribution in [3.63, 3.8) is 0 Å². The molecule has 0 unspecified atom stereocenters. The molecule has 344 valence electrons. The normalized spacial score (nSPS) is 20.4. The Morgan fingerprint density at radius 3 is 0.559 bits per heavy atom. The summed E-state index contributed by atoms with van der Waals surface area (Å²) in [7, 11) is 0. The zero-order valence-corrected chi connectivity index (χ0v) is 43.1. The van der Waals surface area contributed by atoms with E-state index in [0.717, 1.165) is 44.0 Å². The summed E-state index contributed by atoms with van der Waals surface area (Å²) in [5, 5.41) is -0.327. The van der Waals surface area contributed by atoms with Gasteiger partial charge in [-0.3, -0.25) is 56.6 Å². The largest absolute Gasteiger partial charge is 0.268 e. The minimum atomic E-state index is -1.30. The number of hydrogen-bond donors (Lipinski definition) is 0. The van der Waals surface area contributed by atoms with Crippen LogP contribution in [0.15, 0.2) is 56.2 Å². The van der Waals surface area contributed by atoms with Gasteiger partial charge in [0.2, 0.25) is 0 Å². The zero-order chi connectivity index (χ0) is 47.7. The highest BCUT2D eigenvalue weighted by atomic mass is 79.9. The summed E-state index contributed by atoms with van der Waals surface area (Å²) >= 11 is 14.2. The molecular weight excluding hydrogens is 1130 g/mol. The third-order valence-corrected chi connectivity index (χ3v) is 19.0. The fourth-order valence-corrected chi connectivity index (χ4v) is 15.5. The maximum absolute atomic E-state index is 14.9. The molecule has 0 amide bonds. The summed E-state index contributed by atoms with van der Waals surface area (Å²) < 4.78 is 4.82. The molecule has 14 rings (SSSR count). The van der Waals surface area contributed by atoms with Crippen molar-refractivity contribution in [1.29, 1.82) is 0 Å². The average Bonchev–Trinajstić information content (AvgIpc) is 3.98. The van der Waals surface area contributed by atoms with E-state index in [1.54, 1.807) is 0 Å². The fraction of sp³-hybridized carbons (Fsp3) is 0.462. The van der Waals surface area contributed by atoms with Crippen molar-refractivity contribution < 1.29 is 0 Å². The molecule has 4 aliphatic heterocycles. The quantitative estimate of drug-likeness (QED) is 0.141. The maximum Gasteiger partial charge on any atom is 0.264 e. The Morgan fingerprint density at radius 1 is 0.265 bits per heavy atom. The molecule has 2 aromatic carbocycles. The summed E-state index contributed by atoms with van der Waals surface area (Å²) in [6, 6.07) is 0. The van der Waals surface area contributed by atoms with Crippen LogP contribution >= 0.6 is 63.7 Å². The molecule has 8 aliphatic rings. The Kier molecular flexibility index (Phi) is 11.0. The first-order valence-corrected chi connectivity index (χ1v) is 26.6. The van der Waals surface area contributed by atoms with Gasteiger partial charge in [-0.25, -0.2) is 0 Å². The predicted molar refractivity (Wildman–Crippen MR) is 276 cm³/mol. The van der Waals surface area contributed by atoms with Crippen LogP contribution in [0.1, 0.15) is 128 Å². The number of halogens is 4. The van der Waals surface area contributed by atoms with Crippen molar-refractivity contribution in [1.82, 2.24) is 18.3 Å². The Hall–Kier alpha value is -4.84. The first-order chi connectivity index (χ1) is 32.7. The van der Waals surface area contributed by atoms with Gasteiger partial charge in [-0.1, -0.05) is 101 Å². The van der Waals surface area contributed by atoms with E-state index in [1.807, 2.05) is 0 Å². The Bertz CT molecular complexity index is 3310. The molecule has 4 aromatic heterocycles. The van der Waals surface area contributed by atoms with Crippen LogP contribution in [0.2, 0.25) is 0 Å². The molecule has 4 fully saturated rings. The first-order valence-electron chi connectivity index (χ1n) is 23.4. The third-order valence-electron chi connectivity index (χ3n) is 15.8. The zero-order valence-electron chi connectivity index (χ0n) is 36.7. The van der Waals surface area contributed by atoms with E-state index in [2.05, 4.69) is 111 Å². The van der Waals surface area contributed by atoms with Crippen molar-refractivity contribution in [2.75, 3.05) is 0 Å². The van der Waals surface area contributed by atoms with Crippen LogP contribution in [-0.2, 0) is 22.2 Å². The van der Waals surface area contributed by atoms with Crippen molar-refractivity contribution in [2.24, 2.45) is 0 Å². The summed E-state index contributed by atoms with van der Waals surface area (Å²) in [6.45, 7) is 0. The molecular formula is C52H40Br4N4O8. The number of nitrogens with zero attached hydrogens (tertiary/aromatic N) is 4. The summed E-state index contributed by atoms with van der Waals surface area (Å²) in [4.78, 5) is 119. The molecule has 0 radical (unpaired) electrons. The van der Waals surface area contributed by atoms with E-state index in [0.29, 0.717) is 103 Å². The number of rotatable bonds is 0. The summed E-state index contributed by atoms with van der Waals surface area (Å²) in [5.74, 6) is 24.7. The molecule has 0 N–H and O–H groups in total. The molecule has 4 saturated carbocycles. The van der Waals surface area contributed by atoms with Crippen LogP contribution in [0.4, 0.5) is 0 Å². The highest BCUT2D eigenvalue weighted by molar-refractivity contribution is 9.11. The van der Waals surface area contributed by atoms with Gasteiger partial charge in [0, 0.05) is 17.9 Å². The SMILES string of the molecule is O=c1c2c(Br)c3c(=O)n4c(=O)c3c(Br)c2c(=O)n1C1(C#CC#CC2(CCCCC2)n2c(=O)c3c(Br)c5c(=O)n(c(=O)c5c(Br)c3c2=O)C2(C#CC#CC43CCCCC3)CCCCC2)CCCCC1. The molecule has 4 spiro atoms. The van der Waals surface area contributed by atoms with Crippen molar-refractivity contribution in [3.05, 3.63) is 101 Å². The van der Waals surface area contributed by atoms with Crippen molar-refractivity contribution >= 4 is 107 Å². The third kappa shape index (κ3) is 6.19. The maximum atomic E-state index is 14.9. The lowest BCUT2D eigenvalue weighted by atomic mass is 9.81. The Morgan fingerprint density at radius 2 is 0.412 bits per heavy atom. The van der Waals surface area contributed by atoms with E-state index < -0.39 is 66.6 Å². The van der Waals surface area contributed by atoms with Crippen LogP contribution in [-0.4, -0.2) is 18.3 Å². The summed E-state index contributed by atoms with van der Waals surface area (Å²) in [5.41, 5.74) is -10.4. The van der Waals surface area contributed by atoms with Crippen LogP contribution in [0.25, 0.3) is 43.1 Å². The minimum absolute atomic E-state index is 0.0403. The lowest BCUT2D eigenvalue weighted by Crippen LogP contribution is -2.46. The van der Waals surface area contributed by atoms with Gasteiger partial charge in [-0.15, -0.1) is 0 Å². The Labute approximate surface area is 420 Å². The number of hydrogen-bond acceptors (Lipinski definition) is 8. The van der Waals surface area contributed by atoms with Crippen LogP contribution in [0, 0.1) is 47.4 Å². The molecule has 0 saturated heterocycles. The van der Waals surface area contributed by atoms with E-state index >= 15 is 0 Å². The number of benzene rings is 2. The second-order valence-electron chi connectivity index (χ2n) is 19.4. The molecule has 12 nitrogen and oxygen atoms in total. The topological polar surface area (TPSA) is 156 Å². The van der Waals surface area contributed by atoms with Crippen LogP contribution < -0.4 is 44.5 Å². The highest BCUT2D eigenvalue weighted by Crippen LogP contribution is 2.42. The van der Waals surface area contributed by atoms with Gasteiger partial charge in [0.15, 0.2) is 0 Å². The second-order valence-corrected chi connectivity index (χ2v) is 22.6. The summed E-state index contributed by atoms with van der Waals surface area (Å²) in [6.07, 6.45) is 11.5. The van der Waals surface area contributed by atoms with Crippen LogP contribution in [0.5, 0.6) is 0 Å². The fourth-order valence-electron chi connectivity index (χ4n) is 12.6. The average molecular weight is 1170 g/mol. The lowest BCUT2D eigenvalue weighted by molar-refractivity contribution is 0.260. The van der Waals surface area contributed by atoms with Gasteiger partial charge < -0.3 is 0 Å². The monoisotopic (exact) mass is 1160 g/mol. The van der Waals surface area contributed by atoms with Gasteiger partial charge in [-0.2, -0.15) is 0 Å². The molecule has 6 aromatic rings. The molecule has 8 heterocycles. The molecule has 12 bridgehead atoms. The molecule has 16 heteroatoms. The van der Waals surface area contributed by atoms with Crippen LogP contribution in [0.3, 0.4) is 0 Å². The van der Waals surface area contributed by atoms with Gasteiger partial charge in [-0.05, 0) is 139 Å². The number of aromatic nitrogens is 4.